The highest BCUT2D eigenvalue weighted by molar-refractivity contribution is 6.60. The maximum atomic E-state index is 12.0. The Balaban J connectivity index is 4.22. The van der Waals surface area contributed by atoms with Gasteiger partial charge >= 0.3 is 29.8 Å². The van der Waals surface area contributed by atoms with Gasteiger partial charge in [0.05, 0.1) is 0 Å². The predicted molar refractivity (Wildman–Crippen MR) is 185 cm³/mol. The highest BCUT2D eigenvalue weighted by Gasteiger charge is 2.37. The van der Waals surface area contributed by atoms with Gasteiger partial charge in [-0.2, -0.15) is 0 Å². The average Bonchev–Trinajstić information content (AvgIpc) is 3.08. The Hall–Kier alpha value is -1.79. The number of unbranched alkanes of at least 4 members (excludes halogenated alkanes) is 4. The number of rotatable bonds is 30. The summed E-state index contributed by atoms with van der Waals surface area (Å²) >= 11 is 0. The van der Waals surface area contributed by atoms with Crippen LogP contribution in [0.5, 0.6) is 0 Å². The molecule has 1 unspecified atom stereocenters. The quantitative estimate of drug-likeness (QED) is 0.0481. The number of hydrogen-bond donors (Lipinski definition) is 2. The van der Waals surface area contributed by atoms with Gasteiger partial charge in [-0.25, -0.2) is 9.59 Å². The summed E-state index contributed by atoms with van der Waals surface area (Å²) in [6.45, 7) is 3.67. The molecule has 0 bridgehead atoms. The van der Waals surface area contributed by atoms with E-state index in [0.717, 1.165) is 25.7 Å². The summed E-state index contributed by atoms with van der Waals surface area (Å²) in [6.07, 6.45) is 20.1. The molecule has 14 heteroatoms. The SMILES string of the molecule is CCCCCCC(CC/C=C/COC(=O)NCCC[Si](OC)(OC)OC)CCC/C=C/COC(=O)NCCC[Si](OC)(OC)OC. The first-order valence-corrected chi connectivity index (χ1v) is 20.6. The zero-order chi connectivity index (χ0) is 34.4. The normalized spacial score (nSPS) is 12.9. The molecule has 1 atom stereocenters. The summed E-state index contributed by atoms with van der Waals surface area (Å²) in [6, 6.07) is 1.23. The van der Waals surface area contributed by atoms with Gasteiger partial charge in [0.2, 0.25) is 0 Å². The van der Waals surface area contributed by atoms with Gasteiger partial charge in [0.15, 0.2) is 0 Å². The molecule has 0 aliphatic rings. The maximum absolute atomic E-state index is 12.0. The van der Waals surface area contributed by atoms with E-state index in [0.29, 0.717) is 43.9 Å². The number of nitrogens with one attached hydrogen (secondary N) is 2. The van der Waals surface area contributed by atoms with Crippen molar-refractivity contribution in [3.8, 4) is 0 Å². The van der Waals surface area contributed by atoms with E-state index in [2.05, 4.69) is 29.7 Å². The fraction of sp³-hybridized carbons (Fsp3) is 0.812. The van der Waals surface area contributed by atoms with Crippen LogP contribution in [0.2, 0.25) is 12.1 Å². The second-order valence-corrected chi connectivity index (χ2v) is 17.2. The van der Waals surface area contributed by atoms with Crippen molar-refractivity contribution in [3.63, 3.8) is 0 Å². The third-order valence-electron chi connectivity index (χ3n) is 7.87. The lowest BCUT2D eigenvalue weighted by Gasteiger charge is -2.24. The van der Waals surface area contributed by atoms with E-state index in [9.17, 15) is 9.59 Å². The van der Waals surface area contributed by atoms with Crippen LogP contribution in [0.3, 0.4) is 0 Å². The number of ether oxygens (including phenoxy) is 2. The molecule has 0 fully saturated rings. The molecule has 0 saturated carbocycles. The minimum absolute atomic E-state index is 0.252. The van der Waals surface area contributed by atoms with Crippen molar-refractivity contribution >= 4 is 29.8 Å². The lowest BCUT2D eigenvalue weighted by Crippen LogP contribution is -2.43. The summed E-state index contributed by atoms with van der Waals surface area (Å²) in [5.74, 6) is 0.666. The van der Waals surface area contributed by atoms with Crippen LogP contribution in [0.25, 0.3) is 0 Å². The van der Waals surface area contributed by atoms with Crippen molar-refractivity contribution in [2.75, 3.05) is 69.0 Å². The third-order valence-corrected chi connectivity index (χ3v) is 13.5. The number of hydrogen-bond acceptors (Lipinski definition) is 10. The summed E-state index contributed by atoms with van der Waals surface area (Å²) in [5, 5.41) is 5.50. The Kier molecular flexibility index (Phi) is 28.2. The summed E-state index contributed by atoms with van der Waals surface area (Å²) < 4.78 is 42.8. The molecule has 0 aromatic rings. The van der Waals surface area contributed by atoms with Crippen LogP contribution >= 0.6 is 0 Å². The topological polar surface area (TPSA) is 132 Å². The fourth-order valence-electron chi connectivity index (χ4n) is 4.97. The van der Waals surface area contributed by atoms with Gasteiger partial charge in [-0.05, 0) is 44.4 Å². The molecule has 0 spiro atoms. The Bertz CT molecular complexity index is 795. The molecule has 2 N–H and O–H groups in total. The van der Waals surface area contributed by atoms with Crippen LogP contribution in [0.15, 0.2) is 24.3 Å². The zero-order valence-electron chi connectivity index (χ0n) is 29.7. The Labute approximate surface area is 281 Å². The number of allylic oxidation sites excluding steroid dienone is 2. The lowest BCUT2D eigenvalue weighted by atomic mass is 9.91. The highest BCUT2D eigenvalue weighted by Crippen LogP contribution is 2.23. The first kappa shape index (κ1) is 44.2. The molecule has 46 heavy (non-hydrogen) atoms. The molecule has 12 nitrogen and oxygen atoms in total. The van der Waals surface area contributed by atoms with E-state index < -0.39 is 29.8 Å². The van der Waals surface area contributed by atoms with Crippen molar-refractivity contribution in [1.82, 2.24) is 10.6 Å². The molecule has 0 saturated heterocycles. The fourth-order valence-corrected chi connectivity index (χ4v) is 8.42. The molecule has 0 heterocycles. The predicted octanol–water partition coefficient (Wildman–Crippen LogP) is 6.62. The van der Waals surface area contributed by atoms with Gasteiger partial charge in [0.25, 0.3) is 0 Å². The van der Waals surface area contributed by atoms with Crippen LogP contribution in [0.4, 0.5) is 9.59 Å². The summed E-state index contributed by atoms with van der Waals surface area (Å²) in [7, 11) is 4.23. The van der Waals surface area contributed by atoms with E-state index in [4.69, 9.17) is 36.0 Å². The van der Waals surface area contributed by atoms with Gasteiger partial charge < -0.3 is 46.7 Å². The highest BCUT2D eigenvalue weighted by atomic mass is 28.4. The van der Waals surface area contributed by atoms with E-state index in [1.54, 1.807) is 42.7 Å². The third kappa shape index (κ3) is 21.9. The Morgan fingerprint density at radius 1 is 0.565 bits per heavy atom. The van der Waals surface area contributed by atoms with E-state index in [-0.39, 0.29) is 13.2 Å². The van der Waals surface area contributed by atoms with Gasteiger partial charge in [-0.3, -0.25) is 0 Å². The number of carbonyl (C=O) groups is 2. The molecule has 0 aliphatic heterocycles. The lowest BCUT2D eigenvalue weighted by molar-refractivity contribution is 0.122. The van der Waals surface area contributed by atoms with Crippen molar-refractivity contribution in [3.05, 3.63) is 24.3 Å². The van der Waals surface area contributed by atoms with Crippen LogP contribution in [0.1, 0.15) is 84.0 Å². The smallest absolute Gasteiger partial charge is 0.445 e. The minimum atomic E-state index is -2.62. The van der Waals surface area contributed by atoms with E-state index in [1.165, 1.54) is 38.5 Å². The van der Waals surface area contributed by atoms with Crippen molar-refractivity contribution in [2.24, 2.45) is 5.92 Å². The molecular weight excluding hydrogens is 629 g/mol. The van der Waals surface area contributed by atoms with Crippen molar-refractivity contribution in [1.29, 1.82) is 0 Å². The van der Waals surface area contributed by atoms with Crippen LogP contribution < -0.4 is 10.6 Å². The zero-order valence-corrected chi connectivity index (χ0v) is 31.7. The van der Waals surface area contributed by atoms with Gasteiger partial charge in [0, 0.05) is 67.8 Å². The standard InChI is InChI=1S/C32H64N2O10Si2/c1-8-9-10-14-21-30(23-16-13-18-27-44-32(36)34-25-20-29-46(40-5,41-6)42-7)22-15-11-12-17-26-43-31(35)33-24-19-28-45(37-2,38-3)39-4/h12-13,17-18,30H,8-11,14-16,19-29H2,1-7H3,(H,33,35)(H,34,36)/b17-12+,18-13+. The summed E-state index contributed by atoms with van der Waals surface area (Å²) in [4.78, 5) is 23.9. The largest absolute Gasteiger partial charge is 0.500 e. The van der Waals surface area contributed by atoms with Gasteiger partial charge in [0.1, 0.15) is 13.2 Å². The number of amides is 2. The van der Waals surface area contributed by atoms with Crippen LogP contribution in [0, 0.1) is 5.92 Å². The molecule has 2 amide bonds. The molecular formula is C32H64N2O10Si2. The second kappa shape index (κ2) is 29.4. The van der Waals surface area contributed by atoms with Gasteiger partial charge in [-0.15, -0.1) is 0 Å². The first-order chi connectivity index (χ1) is 22.3. The average molecular weight is 693 g/mol. The molecule has 0 aliphatic carbocycles. The van der Waals surface area contributed by atoms with Crippen LogP contribution in [-0.4, -0.2) is 98.8 Å². The molecule has 0 rings (SSSR count). The number of alkyl carbamates (subject to hydrolysis) is 2. The molecule has 0 aromatic carbocycles. The maximum Gasteiger partial charge on any atom is 0.500 e. The van der Waals surface area contributed by atoms with Crippen molar-refractivity contribution in [2.45, 2.75) is 96.1 Å². The van der Waals surface area contributed by atoms with Crippen molar-refractivity contribution < 1.29 is 45.6 Å². The first-order valence-electron chi connectivity index (χ1n) is 16.7. The Morgan fingerprint density at radius 3 is 1.48 bits per heavy atom. The second-order valence-electron chi connectivity index (χ2n) is 11.0. The summed E-state index contributed by atoms with van der Waals surface area (Å²) in [5.41, 5.74) is 0. The Morgan fingerprint density at radius 2 is 1.02 bits per heavy atom. The number of carbonyl (C=O) groups excluding carboxylic acids is 2. The van der Waals surface area contributed by atoms with E-state index in [1.807, 2.05) is 12.2 Å². The van der Waals surface area contributed by atoms with Gasteiger partial charge in [-0.1, -0.05) is 69.8 Å². The monoisotopic (exact) mass is 692 g/mol. The minimum Gasteiger partial charge on any atom is -0.445 e. The molecule has 0 aromatic heterocycles. The molecule has 0 radical (unpaired) electrons. The van der Waals surface area contributed by atoms with Crippen LogP contribution in [-0.2, 0) is 36.0 Å². The van der Waals surface area contributed by atoms with E-state index >= 15 is 0 Å². The molecule has 270 valence electrons.